The molecule has 3 N–H and O–H groups in total. The molecule has 0 bridgehead atoms. The zero-order valence-corrected chi connectivity index (χ0v) is 10.4. The molecule has 1 saturated carbocycles. The van der Waals surface area contributed by atoms with Gasteiger partial charge in [0, 0.05) is 11.1 Å². The molecule has 2 nitrogen and oxygen atoms in total. The molecule has 0 aliphatic heterocycles. The first-order chi connectivity index (χ1) is 7.66. The highest BCUT2D eigenvalue weighted by atomic mass is 35.5. The maximum atomic E-state index is 5.96. The number of nitrogen functional groups attached to an aromatic ring is 1. The summed E-state index contributed by atoms with van der Waals surface area (Å²) in [5, 5.41) is 4.22. The van der Waals surface area contributed by atoms with Crippen LogP contribution in [0, 0.1) is 5.92 Å². The van der Waals surface area contributed by atoms with Crippen molar-refractivity contribution in [2.75, 3.05) is 11.1 Å². The zero-order chi connectivity index (χ0) is 11.5. The average molecular weight is 239 g/mol. The number of hydrogen-bond acceptors (Lipinski definition) is 2. The van der Waals surface area contributed by atoms with Crippen molar-refractivity contribution in [2.45, 2.75) is 38.6 Å². The van der Waals surface area contributed by atoms with Crippen LogP contribution in [0.25, 0.3) is 0 Å². The lowest BCUT2D eigenvalue weighted by atomic mass is 9.99. The van der Waals surface area contributed by atoms with Crippen molar-refractivity contribution in [1.29, 1.82) is 0 Å². The SMILES string of the molecule is CC(Nc1cc(Cl)ccc1N)C1CCCC1. The lowest BCUT2D eigenvalue weighted by Crippen LogP contribution is -2.24. The van der Waals surface area contributed by atoms with E-state index in [4.69, 9.17) is 17.3 Å². The highest BCUT2D eigenvalue weighted by Gasteiger charge is 2.21. The summed E-state index contributed by atoms with van der Waals surface area (Å²) in [5.74, 6) is 0.776. The first kappa shape index (κ1) is 11.6. The van der Waals surface area contributed by atoms with E-state index in [1.165, 1.54) is 25.7 Å². The van der Waals surface area contributed by atoms with Gasteiger partial charge in [-0.25, -0.2) is 0 Å². The Kier molecular flexibility index (Phi) is 3.59. The maximum absolute atomic E-state index is 5.96. The van der Waals surface area contributed by atoms with Crippen molar-refractivity contribution in [2.24, 2.45) is 5.92 Å². The fourth-order valence-electron chi connectivity index (χ4n) is 2.47. The van der Waals surface area contributed by atoms with Gasteiger partial charge >= 0.3 is 0 Å². The Bertz CT molecular complexity index is 359. The number of hydrogen-bond donors (Lipinski definition) is 2. The van der Waals surface area contributed by atoms with Gasteiger partial charge < -0.3 is 11.1 Å². The normalized spacial score (nSPS) is 18.6. The van der Waals surface area contributed by atoms with Gasteiger partial charge in [0.15, 0.2) is 0 Å². The van der Waals surface area contributed by atoms with Crippen LogP contribution in [0.15, 0.2) is 18.2 Å². The van der Waals surface area contributed by atoms with Crippen molar-refractivity contribution in [3.63, 3.8) is 0 Å². The Labute approximate surface area is 102 Å². The molecule has 0 amide bonds. The van der Waals surface area contributed by atoms with Gasteiger partial charge in [-0.2, -0.15) is 0 Å². The smallest absolute Gasteiger partial charge is 0.0591 e. The summed E-state index contributed by atoms with van der Waals surface area (Å²) in [6, 6.07) is 6.06. The van der Waals surface area contributed by atoms with Crippen LogP contribution < -0.4 is 11.1 Å². The van der Waals surface area contributed by atoms with Gasteiger partial charge in [-0.3, -0.25) is 0 Å². The highest BCUT2D eigenvalue weighted by molar-refractivity contribution is 6.31. The third kappa shape index (κ3) is 2.62. The molecule has 3 heteroatoms. The molecule has 1 fully saturated rings. The van der Waals surface area contributed by atoms with Crippen LogP contribution in [-0.4, -0.2) is 6.04 Å². The molecule has 0 saturated heterocycles. The van der Waals surface area contributed by atoms with Crippen LogP contribution in [0.1, 0.15) is 32.6 Å². The van der Waals surface area contributed by atoms with E-state index in [2.05, 4.69) is 12.2 Å². The Hall–Kier alpha value is -0.890. The molecular formula is C13H19ClN2. The fourth-order valence-corrected chi connectivity index (χ4v) is 2.65. The van der Waals surface area contributed by atoms with Gasteiger partial charge in [0.1, 0.15) is 0 Å². The second-order valence-corrected chi connectivity index (χ2v) is 5.15. The molecule has 88 valence electrons. The number of anilines is 2. The predicted molar refractivity (Wildman–Crippen MR) is 70.9 cm³/mol. The maximum Gasteiger partial charge on any atom is 0.0591 e. The highest BCUT2D eigenvalue weighted by Crippen LogP contribution is 2.31. The van der Waals surface area contributed by atoms with E-state index in [0.717, 1.165) is 22.3 Å². The molecule has 2 rings (SSSR count). The van der Waals surface area contributed by atoms with E-state index in [1.807, 2.05) is 18.2 Å². The van der Waals surface area contributed by atoms with Crippen molar-refractivity contribution in [3.05, 3.63) is 23.2 Å². The van der Waals surface area contributed by atoms with Crippen molar-refractivity contribution < 1.29 is 0 Å². The molecule has 0 radical (unpaired) electrons. The van der Waals surface area contributed by atoms with Crippen LogP contribution in [0.3, 0.4) is 0 Å². The lowest BCUT2D eigenvalue weighted by Gasteiger charge is -2.22. The monoisotopic (exact) mass is 238 g/mol. The van der Waals surface area contributed by atoms with Crippen molar-refractivity contribution >= 4 is 23.0 Å². The molecule has 1 atom stereocenters. The third-order valence-electron chi connectivity index (χ3n) is 3.51. The molecular weight excluding hydrogens is 220 g/mol. The first-order valence-electron chi connectivity index (χ1n) is 5.98. The van der Waals surface area contributed by atoms with E-state index >= 15 is 0 Å². The zero-order valence-electron chi connectivity index (χ0n) is 9.67. The largest absolute Gasteiger partial charge is 0.397 e. The van der Waals surface area contributed by atoms with E-state index in [9.17, 15) is 0 Å². The van der Waals surface area contributed by atoms with Gasteiger partial charge in [0.2, 0.25) is 0 Å². The standard InChI is InChI=1S/C13H19ClN2/c1-9(10-4-2-3-5-10)16-13-8-11(14)6-7-12(13)15/h6-10,16H,2-5,15H2,1H3. The van der Waals surface area contributed by atoms with Gasteiger partial charge in [-0.15, -0.1) is 0 Å². The van der Waals surface area contributed by atoms with Gasteiger partial charge in [-0.05, 0) is 43.9 Å². The van der Waals surface area contributed by atoms with Crippen LogP contribution in [-0.2, 0) is 0 Å². The fraction of sp³-hybridized carbons (Fsp3) is 0.538. The topological polar surface area (TPSA) is 38.0 Å². The van der Waals surface area contributed by atoms with Crippen molar-refractivity contribution in [1.82, 2.24) is 0 Å². The Balaban J connectivity index is 2.04. The minimum Gasteiger partial charge on any atom is -0.397 e. The third-order valence-corrected chi connectivity index (χ3v) is 3.74. The lowest BCUT2D eigenvalue weighted by molar-refractivity contribution is 0.482. The molecule has 1 unspecified atom stereocenters. The molecule has 16 heavy (non-hydrogen) atoms. The summed E-state index contributed by atoms with van der Waals surface area (Å²) in [4.78, 5) is 0. The van der Waals surface area contributed by atoms with Crippen LogP contribution >= 0.6 is 11.6 Å². The van der Waals surface area contributed by atoms with Crippen LogP contribution in [0.4, 0.5) is 11.4 Å². The van der Waals surface area contributed by atoms with Crippen LogP contribution in [0.2, 0.25) is 5.02 Å². The summed E-state index contributed by atoms with van der Waals surface area (Å²) in [6.07, 6.45) is 5.38. The summed E-state index contributed by atoms with van der Waals surface area (Å²) < 4.78 is 0. The van der Waals surface area contributed by atoms with E-state index < -0.39 is 0 Å². The first-order valence-corrected chi connectivity index (χ1v) is 6.36. The molecule has 1 aliphatic carbocycles. The minimum absolute atomic E-state index is 0.475. The van der Waals surface area contributed by atoms with Gasteiger partial charge in [0.05, 0.1) is 11.4 Å². The molecule has 1 aliphatic rings. The number of nitrogens with two attached hydrogens (primary N) is 1. The quantitative estimate of drug-likeness (QED) is 0.784. The molecule has 1 aromatic carbocycles. The van der Waals surface area contributed by atoms with Gasteiger partial charge in [-0.1, -0.05) is 24.4 Å². The summed E-state index contributed by atoms with van der Waals surface area (Å²) in [6.45, 7) is 2.23. The second-order valence-electron chi connectivity index (χ2n) is 4.71. The Morgan fingerprint density at radius 3 is 2.75 bits per heavy atom. The van der Waals surface area contributed by atoms with E-state index in [1.54, 1.807) is 0 Å². The molecule has 0 heterocycles. The second kappa shape index (κ2) is 4.96. The summed E-state index contributed by atoms with van der Waals surface area (Å²) >= 11 is 5.96. The van der Waals surface area contributed by atoms with E-state index in [-0.39, 0.29) is 0 Å². The minimum atomic E-state index is 0.475. The van der Waals surface area contributed by atoms with Crippen LogP contribution in [0.5, 0.6) is 0 Å². The average Bonchev–Trinajstić information content (AvgIpc) is 2.76. The number of halogens is 1. The molecule has 0 aromatic heterocycles. The number of benzene rings is 1. The van der Waals surface area contributed by atoms with E-state index in [0.29, 0.717) is 6.04 Å². The number of rotatable bonds is 3. The number of nitrogens with one attached hydrogen (secondary N) is 1. The van der Waals surface area contributed by atoms with Crippen molar-refractivity contribution in [3.8, 4) is 0 Å². The summed E-state index contributed by atoms with van der Waals surface area (Å²) in [5.41, 5.74) is 7.65. The summed E-state index contributed by atoms with van der Waals surface area (Å²) in [7, 11) is 0. The molecule has 1 aromatic rings. The Morgan fingerprint density at radius 1 is 1.38 bits per heavy atom. The Morgan fingerprint density at radius 2 is 2.06 bits per heavy atom. The molecule has 0 spiro atoms. The predicted octanol–water partition coefficient (Wildman–Crippen LogP) is 3.91. The van der Waals surface area contributed by atoms with Gasteiger partial charge in [0.25, 0.3) is 0 Å².